The molecule has 132 valence electrons. The summed E-state index contributed by atoms with van der Waals surface area (Å²) in [6, 6.07) is 20.8. The van der Waals surface area contributed by atoms with Crippen LogP contribution in [0.1, 0.15) is 17.3 Å². The molecule has 0 heterocycles. The Morgan fingerprint density at radius 1 is 0.923 bits per heavy atom. The first-order valence-corrected chi connectivity index (χ1v) is 8.39. The van der Waals surface area contributed by atoms with E-state index in [9.17, 15) is 9.59 Å². The standard InChI is InChI=1S/C21H20N2O3/c1-15(24)23-19-8-4-7-18(13-19)21(25)22-11-12-26-20-10-9-16-5-2-3-6-17(16)14-20/h2-10,13-14H,11-12H2,1H3,(H,22,25)(H,23,24). The zero-order chi connectivity index (χ0) is 18.4. The Morgan fingerprint density at radius 2 is 1.73 bits per heavy atom. The van der Waals surface area contributed by atoms with Crippen LogP contribution in [0.15, 0.2) is 66.7 Å². The van der Waals surface area contributed by atoms with Crippen LogP contribution < -0.4 is 15.4 Å². The number of hydrogen-bond donors (Lipinski definition) is 2. The largest absolute Gasteiger partial charge is 0.492 e. The first kappa shape index (κ1) is 17.5. The van der Waals surface area contributed by atoms with Crippen LogP contribution in [-0.2, 0) is 4.79 Å². The third-order valence-corrected chi connectivity index (χ3v) is 3.82. The van der Waals surface area contributed by atoms with Gasteiger partial charge in [0.1, 0.15) is 12.4 Å². The van der Waals surface area contributed by atoms with E-state index >= 15 is 0 Å². The molecule has 0 aliphatic rings. The van der Waals surface area contributed by atoms with Crippen LogP contribution in [0.25, 0.3) is 10.8 Å². The Bertz CT molecular complexity index is 937. The number of fused-ring (bicyclic) bond motifs is 1. The molecule has 0 radical (unpaired) electrons. The summed E-state index contributed by atoms with van der Waals surface area (Å²) >= 11 is 0. The Labute approximate surface area is 152 Å². The van der Waals surface area contributed by atoms with E-state index in [-0.39, 0.29) is 11.8 Å². The molecule has 3 aromatic rings. The highest BCUT2D eigenvalue weighted by molar-refractivity contribution is 5.96. The number of nitrogens with one attached hydrogen (secondary N) is 2. The van der Waals surface area contributed by atoms with Crippen molar-refractivity contribution in [2.45, 2.75) is 6.92 Å². The van der Waals surface area contributed by atoms with Crippen LogP contribution in [0.4, 0.5) is 5.69 Å². The quantitative estimate of drug-likeness (QED) is 0.669. The zero-order valence-electron chi connectivity index (χ0n) is 14.5. The molecule has 0 atom stereocenters. The van der Waals surface area contributed by atoms with E-state index in [1.54, 1.807) is 24.3 Å². The van der Waals surface area contributed by atoms with Crippen LogP contribution in [0.3, 0.4) is 0 Å². The molecule has 3 rings (SSSR count). The van der Waals surface area contributed by atoms with Gasteiger partial charge in [0.15, 0.2) is 0 Å². The van der Waals surface area contributed by atoms with Gasteiger partial charge >= 0.3 is 0 Å². The molecule has 0 saturated carbocycles. The highest BCUT2D eigenvalue weighted by atomic mass is 16.5. The zero-order valence-corrected chi connectivity index (χ0v) is 14.5. The van der Waals surface area contributed by atoms with E-state index in [4.69, 9.17) is 4.74 Å². The minimum atomic E-state index is -0.209. The Morgan fingerprint density at radius 3 is 2.54 bits per heavy atom. The normalized spacial score (nSPS) is 10.3. The number of benzene rings is 3. The van der Waals surface area contributed by atoms with Crippen LogP contribution in [0, 0.1) is 0 Å². The average Bonchev–Trinajstić information content (AvgIpc) is 2.64. The van der Waals surface area contributed by atoms with Crippen molar-refractivity contribution in [1.29, 1.82) is 0 Å². The van der Waals surface area contributed by atoms with Crippen molar-refractivity contribution < 1.29 is 14.3 Å². The molecule has 0 fully saturated rings. The molecule has 3 aromatic carbocycles. The summed E-state index contributed by atoms with van der Waals surface area (Å²) in [5.41, 5.74) is 1.08. The number of carbonyl (C=O) groups excluding carboxylic acids is 2. The molecule has 0 saturated heterocycles. The van der Waals surface area contributed by atoms with Crippen molar-refractivity contribution in [1.82, 2.24) is 5.32 Å². The lowest BCUT2D eigenvalue weighted by molar-refractivity contribution is -0.114. The Hall–Kier alpha value is -3.34. The molecular weight excluding hydrogens is 328 g/mol. The van der Waals surface area contributed by atoms with Gasteiger partial charge in [0.2, 0.25) is 5.91 Å². The topological polar surface area (TPSA) is 67.4 Å². The van der Waals surface area contributed by atoms with Crippen molar-refractivity contribution in [2.75, 3.05) is 18.5 Å². The Kier molecular flexibility index (Phi) is 5.49. The van der Waals surface area contributed by atoms with Gasteiger partial charge in [-0.1, -0.05) is 36.4 Å². The third kappa shape index (κ3) is 4.60. The van der Waals surface area contributed by atoms with E-state index in [0.29, 0.717) is 24.4 Å². The maximum absolute atomic E-state index is 12.2. The first-order valence-electron chi connectivity index (χ1n) is 8.39. The Balaban J connectivity index is 1.51. The summed E-state index contributed by atoms with van der Waals surface area (Å²) in [7, 11) is 0. The van der Waals surface area contributed by atoms with Gasteiger partial charge in [0.05, 0.1) is 6.54 Å². The number of rotatable bonds is 6. The van der Waals surface area contributed by atoms with E-state index in [2.05, 4.69) is 16.7 Å². The summed E-state index contributed by atoms with van der Waals surface area (Å²) in [6.45, 7) is 2.18. The van der Waals surface area contributed by atoms with Gasteiger partial charge in [-0.25, -0.2) is 0 Å². The number of anilines is 1. The maximum Gasteiger partial charge on any atom is 0.251 e. The smallest absolute Gasteiger partial charge is 0.251 e. The fourth-order valence-corrected chi connectivity index (χ4v) is 2.63. The van der Waals surface area contributed by atoms with Crippen LogP contribution in [0.2, 0.25) is 0 Å². The van der Waals surface area contributed by atoms with Gasteiger partial charge in [-0.15, -0.1) is 0 Å². The first-order chi connectivity index (χ1) is 12.6. The number of hydrogen-bond acceptors (Lipinski definition) is 3. The predicted molar refractivity (Wildman–Crippen MR) is 103 cm³/mol. The van der Waals surface area contributed by atoms with E-state index in [0.717, 1.165) is 16.5 Å². The van der Waals surface area contributed by atoms with Crippen molar-refractivity contribution in [3.05, 3.63) is 72.3 Å². The highest BCUT2D eigenvalue weighted by Crippen LogP contribution is 2.20. The lowest BCUT2D eigenvalue weighted by Gasteiger charge is -2.09. The summed E-state index contributed by atoms with van der Waals surface area (Å²) in [5, 5.41) is 7.74. The fourth-order valence-electron chi connectivity index (χ4n) is 2.63. The molecule has 2 N–H and O–H groups in total. The van der Waals surface area contributed by atoms with Crippen molar-refractivity contribution >= 4 is 28.3 Å². The van der Waals surface area contributed by atoms with Gasteiger partial charge in [0, 0.05) is 18.2 Å². The summed E-state index contributed by atoms with van der Waals surface area (Å²) in [5.74, 6) is 0.385. The minimum absolute atomic E-state index is 0.175. The fraction of sp³-hybridized carbons (Fsp3) is 0.143. The van der Waals surface area contributed by atoms with Crippen molar-refractivity contribution in [3.63, 3.8) is 0 Å². The molecule has 5 heteroatoms. The molecule has 0 aliphatic carbocycles. The lowest BCUT2D eigenvalue weighted by atomic mass is 10.1. The summed E-state index contributed by atoms with van der Waals surface area (Å²) in [4.78, 5) is 23.3. The van der Waals surface area contributed by atoms with Crippen LogP contribution in [-0.4, -0.2) is 25.0 Å². The lowest BCUT2D eigenvalue weighted by Crippen LogP contribution is -2.28. The van der Waals surface area contributed by atoms with Gasteiger partial charge < -0.3 is 15.4 Å². The number of ether oxygens (including phenoxy) is 1. The van der Waals surface area contributed by atoms with Crippen LogP contribution >= 0.6 is 0 Å². The molecule has 0 spiro atoms. The van der Waals surface area contributed by atoms with Crippen molar-refractivity contribution in [3.8, 4) is 5.75 Å². The van der Waals surface area contributed by atoms with E-state index in [1.165, 1.54) is 6.92 Å². The second-order valence-corrected chi connectivity index (χ2v) is 5.88. The van der Waals surface area contributed by atoms with Gasteiger partial charge in [-0.3, -0.25) is 9.59 Å². The minimum Gasteiger partial charge on any atom is -0.492 e. The monoisotopic (exact) mass is 348 g/mol. The van der Waals surface area contributed by atoms with Gasteiger partial charge in [-0.05, 0) is 41.1 Å². The predicted octanol–water partition coefficient (Wildman–Crippen LogP) is 3.61. The summed E-state index contributed by atoms with van der Waals surface area (Å²) in [6.07, 6.45) is 0. The molecule has 0 aromatic heterocycles. The van der Waals surface area contributed by atoms with E-state index < -0.39 is 0 Å². The average molecular weight is 348 g/mol. The molecule has 5 nitrogen and oxygen atoms in total. The number of carbonyl (C=O) groups is 2. The second kappa shape index (κ2) is 8.16. The molecule has 2 amide bonds. The third-order valence-electron chi connectivity index (χ3n) is 3.82. The van der Waals surface area contributed by atoms with E-state index in [1.807, 2.05) is 36.4 Å². The maximum atomic E-state index is 12.2. The number of amides is 2. The molecule has 0 aliphatic heterocycles. The molecule has 0 bridgehead atoms. The molecule has 0 unspecified atom stereocenters. The molecule has 26 heavy (non-hydrogen) atoms. The van der Waals surface area contributed by atoms with Gasteiger partial charge in [-0.2, -0.15) is 0 Å². The SMILES string of the molecule is CC(=O)Nc1cccc(C(=O)NCCOc2ccc3ccccc3c2)c1. The van der Waals surface area contributed by atoms with Crippen LogP contribution in [0.5, 0.6) is 5.75 Å². The second-order valence-electron chi connectivity index (χ2n) is 5.88. The summed E-state index contributed by atoms with van der Waals surface area (Å²) < 4.78 is 5.71. The van der Waals surface area contributed by atoms with Gasteiger partial charge in [0.25, 0.3) is 5.91 Å². The van der Waals surface area contributed by atoms with Crippen molar-refractivity contribution in [2.24, 2.45) is 0 Å². The highest BCUT2D eigenvalue weighted by Gasteiger charge is 2.06. The molecular formula is C21H20N2O3.